The first-order chi connectivity index (χ1) is 8.90. The van der Waals surface area contributed by atoms with Crippen molar-refractivity contribution < 1.29 is 19.4 Å². The van der Waals surface area contributed by atoms with Crippen molar-refractivity contribution in [3.63, 3.8) is 0 Å². The third kappa shape index (κ3) is 5.57. The highest BCUT2D eigenvalue weighted by Crippen LogP contribution is 2.17. The first kappa shape index (κ1) is 15.9. The van der Waals surface area contributed by atoms with Gasteiger partial charge in [0.05, 0.1) is 12.1 Å². The van der Waals surface area contributed by atoms with Gasteiger partial charge in [-0.1, -0.05) is 13.8 Å². The Morgan fingerprint density at radius 2 is 2.16 bits per heavy atom. The van der Waals surface area contributed by atoms with Crippen LogP contribution in [0.15, 0.2) is 0 Å². The van der Waals surface area contributed by atoms with E-state index < -0.39 is 24.0 Å². The second-order valence-electron chi connectivity index (χ2n) is 5.51. The zero-order chi connectivity index (χ0) is 14.4. The molecule has 4 N–H and O–H groups in total. The number of rotatable bonds is 7. The first-order valence-electron chi connectivity index (χ1n) is 6.80. The zero-order valence-corrected chi connectivity index (χ0v) is 11.6. The lowest BCUT2D eigenvalue weighted by Crippen LogP contribution is -2.49. The molecule has 0 radical (unpaired) electrons. The molecule has 1 heterocycles. The lowest BCUT2D eigenvalue weighted by molar-refractivity contribution is -0.143. The fourth-order valence-electron chi connectivity index (χ4n) is 2.21. The minimum Gasteiger partial charge on any atom is -0.480 e. The standard InChI is InChI=1S/C13H24N2O4/c1-8(2)6-10(14)12(16)15-11(13(17)18)7-9-4-3-5-19-9/h8-11H,3-7,14H2,1-2H3,(H,15,16)(H,17,18)/t9?,10-,11?/m0/s1. The summed E-state index contributed by atoms with van der Waals surface area (Å²) in [4.78, 5) is 23.0. The van der Waals surface area contributed by atoms with E-state index in [1.165, 1.54) is 0 Å². The Bertz CT molecular complexity index is 314. The van der Waals surface area contributed by atoms with Crippen LogP contribution in [-0.2, 0) is 14.3 Å². The summed E-state index contributed by atoms with van der Waals surface area (Å²) in [5.41, 5.74) is 5.74. The molecule has 0 bridgehead atoms. The number of hydrogen-bond donors (Lipinski definition) is 3. The Kier molecular flexibility index (Phi) is 6.24. The number of hydrogen-bond acceptors (Lipinski definition) is 4. The van der Waals surface area contributed by atoms with Crippen LogP contribution in [0.1, 0.15) is 39.5 Å². The van der Waals surface area contributed by atoms with Gasteiger partial charge in [-0.15, -0.1) is 0 Å². The summed E-state index contributed by atoms with van der Waals surface area (Å²) in [6.45, 7) is 4.60. The van der Waals surface area contributed by atoms with Gasteiger partial charge in [0.25, 0.3) is 0 Å². The zero-order valence-electron chi connectivity index (χ0n) is 11.6. The molecule has 0 aromatic rings. The molecule has 110 valence electrons. The van der Waals surface area contributed by atoms with Gasteiger partial charge in [-0.05, 0) is 25.2 Å². The Labute approximate surface area is 113 Å². The van der Waals surface area contributed by atoms with Crippen molar-refractivity contribution in [3.05, 3.63) is 0 Å². The molecule has 1 amide bonds. The van der Waals surface area contributed by atoms with Crippen LogP contribution < -0.4 is 11.1 Å². The average molecular weight is 272 g/mol. The number of carbonyl (C=O) groups excluding carboxylic acids is 1. The molecule has 1 saturated heterocycles. The molecule has 1 aliphatic heterocycles. The van der Waals surface area contributed by atoms with Gasteiger partial charge in [0.1, 0.15) is 6.04 Å². The molecule has 1 aliphatic rings. The molecule has 0 aliphatic carbocycles. The first-order valence-corrected chi connectivity index (χ1v) is 6.80. The second kappa shape index (κ2) is 7.45. The summed E-state index contributed by atoms with van der Waals surface area (Å²) in [5.74, 6) is -1.15. The fraction of sp³-hybridized carbons (Fsp3) is 0.846. The Hall–Kier alpha value is -1.14. The maximum atomic E-state index is 11.8. The van der Waals surface area contributed by atoms with E-state index in [4.69, 9.17) is 15.6 Å². The fourth-order valence-corrected chi connectivity index (χ4v) is 2.21. The van der Waals surface area contributed by atoms with Gasteiger partial charge in [-0.2, -0.15) is 0 Å². The number of aliphatic carboxylic acids is 1. The van der Waals surface area contributed by atoms with E-state index in [9.17, 15) is 9.59 Å². The van der Waals surface area contributed by atoms with Crippen molar-refractivity contribution >= 4 is 11.9 Å². The third-order valence-corrected chi connectivity index (χ3v) is 3.20. The van der Waals surface area contributed by atoms with Crippen molar-refractivity contribution in [3.8, 4) is 0 Å². The number of ether oxygens (including phenoxy) is 1. The molecule has 19 heavy (non-hydrogen) atoms. The Morgan fingerprint density at radius 1 is 1.47 bits per heavy atom. The van der Waals surface area contributed by atoms with E-state index in [2.05, 4.69) is 5.32 Å². The average Bonchev–Trinajstić information content (AvgIpc) is 2.79. The van der Waals surface area contributed by atoms with Crippen molar-refractivity contribution in [2.45, 2.75) is 57.7 Å². The summed E-state index contributed by atoms with van der Waals surface area (Å²) in [6, 6.07) is -1.58. The van der Waals surface area contributed by atoms with E-state index >= 15 is 0 Å². The van der Waals surface area contributed by atoms with Crippen LogP contribution in [0, 0.1) is 5.92 Å². The molecule has 1 rings (SSSR count). The van der Waals surface area contributed by atoms with E-state index in [1.807, 2.05) is 13.8 Å². The molecule has 2 unspecified atom stereocenters. The molecule has 1 fully saturated rings. The quantitative estimate of drug-likeness (QED) is 0.626. The Balaban J connectivity index is 2.47. The monoisotopic (exact) mass is 272 g/mol. The predicted molar refractivity (Wildman–Crippen MR) is 70.6 cm³/mol. The lowest BCUT2D eigenvalue weighted by Gasteiger charge is -2.20. The molecule has 6 nitrogen and oxygen atoms in total. The maximum Gasteiger partial charge on any atom is 0.326 e. The highest BCUT2D eigenvalue weighted by atomic mass is 16.5. The molecule has 3 atom stereocenters. The molecule has 6 heteroatoms. The van der Waals surface area contributed by atoms with Crippen molar-refractivity contribution in [2.75, 3.05) is 6.61 Å². The molecule has 0 aromatic carbocycles. The molecule has 0 saturated carbocycles. The summed E-state index contributed by atoms with van der Waals surface area (Å²) < 4.78 is 5.39. The Morgan fingerprint density at radius 3 is 2.63 bits per heavy atom. The van der Waals surface area contributed by atoms with Gasteiger partial charge in [-0.25, -0.2) is 4.79 Å². The van der Waals surface area contributed by atoms with Crippen LogP contribution in [0.5, 0.6) is 0 Å². The topological polar surface area (TPSA) is 102 Å². The third-order valence-electron chi connectivity index (χ3n) is 3.20. The highest BCUT2D eigenvalue weighted by molar-refractivity contribution is 5.86. The van der Waals surface area contributed by atoms with E-state index in [1.54, 1.807) is 0 Å². The van der Waals surface area contributed by atoms with Crippen LogP contribution in [0.4, 0.5) is 0 Å². The van der Waals surface area contributed by atoms with Crippen molar-refractivity contribution in [1.82, 2.24) is 5.32 Å². The number of carboxylic acid groups (broad SMARTS) is 1. The molecular formula is C13H24N2O4. The van der Waals surface area contributed by atoms with E-state index in [-0.39, 0.29) is 6.10 Å². The van der Waals surface area contributed by atoms with Gasteiger partial charge >= 0.3 is 5.97 Å². The summed E-state index contributed by atoms with van der Waals surface area (Å²) in [7, 11) is 0. The van der Waals surface area contributed by atoms with Gasteiger partial charge in [0.15, 0.2) is 0 Å². The summed E-state index contributed by atoms with van der Waals surface area (Å²) in [6.07, 6.45) is 2.55. The lowest BCUT2D eigenvalue weighted by atomic mass is 10.0. The van der Waals surface area contributed by atoms with Crippen LogP contribution in [0.25, 0.3) is 0 Å². The normalized spacial score (nSPS) is 22.2. The number of amides is 1. The largest absolute Gasteiger partial charge is 0.480 e. The van der Waals surface area contributed by atoms with E-state index in [0.29, 0.717) is 25.4 Å². The van der Waals surface area contributed by atoms with Crippen LogP contribution in [0.2, 0.25) is 0 Å². The number of nitrogens with two attached hydrogens (primary N) is 1. The number of nitrogens with one attached hydrogen (secondary N) is 1. The van der Waals surface area contributed by atoms with E-state index in [0.717, 1.165) is 12.8 Å². The second-order valence-corrected chi connectivity index (χ2v) is 5.51. The van der Waals surface area contributed by atoms with Gasteiger partial charge in [0.2, 0.25) is 5.91 Å². The maximum absolute atomic E-state index is 11.8. The SMILES string of the molecule is CC(C)C[C@H](N)C(=O)NC(CC1CCCO1)C(=O)O. The molecule has 0 spiro atoms. The van der Waals surface area contributed by atoms with Gasteiger partial charge in [-0.3, -0.25) is 4.79 Å². The molecule has 0 aromatic heterocycles. The van der Waals surface area contributed by atoms with Crippen LogP contribution in [0.3, 0.4) is 0 Å². The van der Waals surface area contributed by atoms with Crippen molar-refractivity contribution in [2.24, 2.45) is 11.7 Å². The summed E-state index contributed by atoms with van der Waals surface area (Å²) >= 11 is 0. The van der Waals surface area contributed by atoms with Gasteiger partial charge < -0.3 is 20.9 Å². The van der Waals surface area contributed by atoms with Gasteiger partial charge in [0, 0.05) is 13.0 Å². The predicted octanol–water partition coefficient (Wildman–Crippen LogP) is 0.498. The van der Waals surface area contributed by atoms with Crippen LogP contribution >= 0.6 is 0 Å². The molecular weight excluding hydrogens is 248 g/mol. The number of carboxylic acids is 1. The minimum atomic E-state index is -1.04. The van der Waals surface area contributed by atoms with Crippen LogP contribution in [-0.4, -0.2) is 41.8 Å². The van der Waals surface area contributed by atoms with Crippen molar-refractivity contribution in [1.29, 1.82) is 0 Å². The minimum absolute atomic E-state index is 0.0808. The summed E-state index contributed by atoms with van der Waals surface area (Å²) in [5, 5.41) is 11.6. The highest BCUT2D eigenvalue weighted by Gasteiger charge is 2.28. The number of carbonyl (C=O) groups is 2. The smallest absolute Gasteiger partial charge is 0.326 e.